The van der Waals surface area contributed by atoms with Crippen LogP contribution in [0.25, 0.3) is 0 Å². The Balaban J connectivity index is 1.77. The number of hydrogen-bond donors (Lipinski definition) is 0. The van der Waals surface area contributed by atoms with E-state index >= 15 is 0 Å². The Kier molecular flexibility index (Phi) is 5.61. The molecule has 0 spiro atoms. The normalized spacial score (nSPS) is 58.2. The first-order valence-electron chi connectivity index (χ1n) is 10.5. The van der Waals surface area contributed by atoms with Gasteiger partial charge in [-0.2, -0.15) is 0 Å². The summed E-state index contributed by atoms with van der Waals surface area (Å²) in [4.78, 5) is 0. The highest BCUT2D eigenvalue weighted by molar-refractivity contribution is 7.02. The van der Waals surface area contributed by atoms with E-state index in [4.69, 9.17) is 53.5 Å². The van der Waals surface area contributed by atoms with Crippen molar-refractivity contribution in [3.63, 3.8) is 0 Å². The summed E-state index contributed by atoms with van der Waals surface area (Å²) in [5.74, 6) is 0. The van der Waals surface area contributed by atoms with Gasteiger partial charge in [-0.25, -0.2) is 0 Å². The van der Waals surface area contributed by atoms with E-state index < -0.39 is 79.0 Å². The molecule has 0 atom stereocenters. The summed E-state index contributed by atoms with van der Waals surface area (Å²) in [5, 5.41) is 0. The van der Waals surface area contributed by atoms with Gasteiger partial charge in [-0.15, -0.1) is 6.58 Å². The van der Waals surface area contributed by atoms with Crippen LogP contribution in [0.5, 0.6) is 0 Å². The van der Waals surface area contributed by atoms with Gasteiger partial charge >= 0.3 is 70.7 Å². The van der Waals surface area contributed by atoms with Gasteiger partial charge < -0.3 is 53.5 Å². The second-order valence-corrected chi connectivity index (χ2v) is 37.0. The zero-order valence-corrected chi connectivity index (χ0v) is 29.1. The molecule has 8 bridgehead atoms. The van der Waals surface area contributed by atoms with Crippen LogP contribution in [0, 0.1) is 0 Å². The molecule has 0 aromatic rings. The van der Waals surface area contributed by atoms with Crippen LogP contribution in [0.4, 0.5) is 0 Å². The molecule has 0 unspecified atom stereocenters. The topological polar surface area (TPSA) is 120 Å². The molecule has 0 N–H and O–H groups in total. The van der Waals surface area contributed by atoms with Crippen LogP contribution < -0.4 is 0 Å². The maximum Gasteiger partial charge on any atom is 0.646 e. The second kappa shape index (κ2) is 7.18. The molecule has 0 aromatic carbocycles. The quantitative estimate of drug-likeness (QED) is 0.424. The molecule has 0 aromatic heterocycles. The Morgan fingerprint density at radius 2 is 0.697 bits per heavy atom. The third kappa shape index (κ3) is 4.77. The van der Waals surface area contributed by atoms with Crippen LogP contribution in [-0.4, -0.2) is 79.0 Å². The molecular formula is C11H30O13Si9. The maximum absolute atomic E-state index is 6.60. The van der Waals surface area contributed by atoms with Crippen molar-refractivity contribution >= 4 is 79.0 Å². The van der Waals surface area contributed by atoms with Gasteiger partial charge in [-0.3, -0.25) is 0 Å². The third-order valence-corrected chi connectivity index (χ3v) is 43.4. The third-order valence-electron chi connectivity index (χ3n) is 5.15. The predicted molar refractivity (Wildman–Crippen MR) is 129 cm³/mol. The van der Waals surface area contributed by atoms with Crippen molar-refractivity contribution in [1.29, 1.82) is 0 Å². The highest BCUT2D eigenvalue weighted by Gasteiger charge is 2.80. The van der Waals surface area contributed by atoms with Crippen molar-refractivity contribution in [2.75, 3.05) is 0 Å². The van der Waals surface area contributed by atoms with E-state index in [1.807, 2.05) is 13.1 Å². The standard InChI is InChI=1S/C11H30O13Si9/c1-11-25(2,3)12-33-22-30(8)16-27(5)13-26(4)14-28(6,18-30)20-32(10,24-33)21-29(7,15-26)19-31(9,17-27)23-33/h11H,1H2,2-10H3. The molecule has 0 aliphatic carbocycles. The summed E-state index contributed by atoms with van der Waals surface area (Å²) in [6, 6.07) is 0. The first kappa shape index (κ1) is 25.8. The molecule has 6 heterocycles. The van der Waals surface area contributed by atoms with Gasteiger partial charge in [0.15, 0.2) is 0 Å². The van der Waals surface area contributed by atoms with E-state index in [1.54, 1.807) is 51.5 Å². The molecule has 6 aliphatic heterocycles. The smallest absolute Gasteiger partial charge is 0.391 e. The minimum Gasteiger partial charge on any atom is -0.391 e. The van der Waals surface area contributed by atoms with Crippen molar-refractivity contribution in [3.05, 3.63) is 12.3 Å². The number of hydrogen-bond acceptors (Lipinski definition) is 13. The number of rotatable bonds is 3. The molecule has 6 saturated heterocycles. The summed E-state index contributed by atoms with van der Waals surface area (Å²) in [7, 11) is -31.7. The average molecular weight is 623 g/mol. The Hall–Kier alpha value is 1.17. The summed E-state index contributed by atoms with van der Waals surface area (Å²) in [6.07, 6.45) is 0. The van der Waals surface area contributed by atoms with E-state index in [0.29, 0.717) is 0 Å². The highest BCUT2D eigenvalue weighted by Crippen LogP contribution is 2.48. The molecular weight excluding hydrogens is 593 g/mol. The van der Waals surface area contributed by atoms with Crippen molar-refractivity contribution in [2.45, 2.75) is 58.9 Å². The summed E-state index contributed by atoms with van der Waals surface area (Å²) in [5.41, 5.74) is 1.76. The fourth-order valence-electron chi connectivity index (χ4n) is 4.64. The van der Waals surface area contributed by atoms with Crippen LogP contribution in [0.2, 0.25) is 58.9 Å². The largest absolute Gasteiger partial charge is 0.646 e. The Labute approximate surface area is 203 Å². The van der Waals surface area contributed by atoms with Gasteiger partial charge in [0.25, 0.3) is 0 Å². The van der Waals surface area contributed by atoms with Crippen LogP contribution in [0.3, 0.4) is 0 Å². The van der Waals surface area contributed by atoms with Gasteiger partial charge in [0.2, 0.25) is 8.32 Å². The molecule has 33 heavy (non-hydrogen) atoms. The first-order valence-corrected chi connectivity index (χ1v) is 30.7. The van der Waals surface area contributed by atoms with Gasteiger partial charge in [0, 0.05) is 45.8 Å². The molecule has 188 valence electrons. The van der Waals surface area contributed by atoms with Gasteiger partial charge in [0.1, 0.15) is 0 Å². The maximum atomic E-state index is 6.60. The Bertz CT molecular complexity index is 779. The summed E-state index contributed by atoms with van der Waals surface area (Å²) < 4.78 is 84.8. The van der Waals surface area contributed by atoms with E-state index in [-0.39, 0.29) is 0 Å². The van der Waals surface area contributed by atoms with Crippen LogP contribution in [0.15, 0.2) is 12.3 Å². The lowest BCUT2D eigenvalue weighted by Crippen LogP contribution is -2.87. The molecule has 6 fully saturated rings. The minimum atomic E-state index is -4.11. The van der Waals surface area contributed by atoms with Gasteiger partial charge in [-0.05, 0) is 13.1 Å². The highest BCUT2D eigenvalue weighted by atomic mass is 28.6. The average Bonchev–Trinajstić information content (AvgIpc) is 2.43. The fourth-order valence-corrected chi connectivity index (χ4v) is 51.9. The van der Waals surface area contributed by atoms with E-state index in [2.05, 4.69) is 6.58 Å². The van der Waals surface area contributed by atoms with Crippen LogP contribution in [-0.2, 0) is 53.5 Å². The molecule has 22 heteroatoms. The van der Waals surface area contributed by atoms with Crippen LogP contribution >= 0.6 is 0 Å². The van der Waals surface area contributed by atoms with E-state index in [9.17, 15) is 0 Å². The lowest BCUT2D eigenvalue weighted by Gasteiger charge is -2.60. The van der Waals surface area contributed by atoms with Crippen LogP contribution in [0.1, 0.15) is 0 Å². The Morgan fingerprint density at radius 1 is 0.485 bits per heavy atom. The monoisotopic (exact) mass is 622 g/mol. The SMILES string of the molecule is C=C[Si](C)(C)O[Si]12O[Si]3(C)O[Si]4(C)O[Si]5(C)O[Si](C)(O3)O[Si](C)(O[Si](C)(O5)O[Si](C)(O4)O1)O2. The minimum absolute atomic E-state index is 1.71. The molecule has 13 nitrogen and oxygen atoms in total. The van der Waals surface area contributed by atoms with Crippen molar-refractivity contribution in [3.8, 4) is 0 Å². The molecule has 0 amide bonds. The predicted octanol–water partition coefficient (Wildman–Crippen LogP) is 1.62. The fraction of sp³-hybridized carbons (Fsp3) is 0.818. The molecule has 0 radical (unpaired) electrons. The van der Waals surface area contributed by atoms with Gasteiger partial charge in [0.05, 0.1) is 0 Å². The van der Waals surface area contributed by atoms with E-state index in [0.717, 1.165) is 0 Å². The van der Waals surface area contributed by atoms with E-state index in [1.165, 1.54) is 0 Å². The molecule has 6 rings (SSSR count). The first-order chi connectivity index (χ1) is 14.8. The summed E-state index contributed by atoms with van der Waals surface area (Å²) in [6.45, 7) is 19.9. The summed E-state index contributed by atoms with van der Waals surface area (Å²) >= 11 is 0. The second-order valence-electron chi connectivity index (χ2n) is 9.67. The molecule has 0 saturated carbocycles. The zero-order valence-electron chi connectivity index (χ0n) is 20.1. The van der Waals surface area contributed by atoms with Crippen molar-refractivity contribution < 1.29 is 53.5 Å². The Morgan fingerprint density at radius 3 is 0.909 bits per heavy atom. The van der Waals surface area contributed by atoms with Gasteiger partial charge in [-0.1, -0.05) is 5.70 Å². The lowest BCUT2D eigenvalue weighted by atomic mass is 11.3. The molecule has 6 aliphatic rings. The van der Waals surface area contributed by atoms with Crippen molar-refractivity contribution in [1.82, 2.24) is 0 Å². The van der Waals surface area contributed by atoms with Crippen molar-refractivity contribution in [2.24, 2.45) is 0 Å². The zero-order chi connectivity index (χ0) is 24.4. The lowest BCUT2D eigenvalue weighted by molar-refractivity contribution is -0.0371.